The molecule has 2 heterocycles. The summed E-state index contributed by atoms with van der Waals surface area (Å²) in [6.07, 6.45) is 0.489. The summed E-state index contributed by atoms with van der Waals surface area (Å²) in [5.74, 6) is 1.36. The zero-order valence-electron chi connectivity index (χ0n) is 15.7. The summed E-state index contributed by atoms with van der Waals surface area (Å²) in [7, 11) is 0. The number of nitrogens with one attached hydrogen (secondary N) is 1. The number of piperazine rings is 1. The second-order valence-corrected chi connectivity index (χ2v) is 7.02. The average Bonchev–Trinajstić information content (AvgIpc) is 3.18. The molecule has 0 unspecified atom stereocenters. The smallest absolute Gasteiger partial charge is 0.317 e. The second kappa shape index (κ2) is 8.48. The van der Waals surface area contributed by atoms with Crippen LogP contribution in [0.2, 0.25) is 0 Å². The van der Waals surface area contributed by atoms with Gasteiger partial charge < -0.3 is 19.7 Å². The summed E-state index contributed by atoms with van der Waals surface area (Å²) in [6, 6.07) is 12.6. The number of carbonyl (C=O) groups excluding carboxylic acids is 1. The fourth-order valence-electron chi connectivity index (χ4n) is 3.52. The van der Waals surface area contributed by atoms with E-state index in [-0.39, 0.29) is 18.6 Å². The first-order valence-electron chi connectivity index (χ1n) is 9.56. The normalized spacial score (nSPS) is 16.2. The third-order valence-electron chi connectivity index (χ3n) is 5.13. The number of benzene rings is 2. The monoisotopic (exact) mass is 385 g/mol. The maximum atomic E-state index is 13.6. The van der Waals surface area contributed by atoms with Gasteiger partial charge in [0.05, 0.1) is 0 Å². The molecule has 0 spiro atoms. The Morgan fingerprint density at radius 1 is 1.04 bits per heavy atom. The van der Waals surface area contributed by atoms with Gasteiger partial charge in [-0.1, -0.05) is 24.3 Å². The molecule has 0 radical (unpaired) electrons. The first kappa shape index (κ1) is 18.6. The molecule has 2 aliphatic rings. The molecule has 28 heavy (non-hydrogen) atoms. The van der Waals surface area contributed by atoms with Crippen LogP contribution in [0.1, 0.15) is 11.1 Å². The SMILES string of the molecule is O=C(NCCc1ccccc1F)N1CCN(Cc2ccc3c(c2)OCO3)CC1. The molecule has 6 nitrogen and oxygen atoms in total. The minimum absolute atomic E-state index is 0.0842. The van der Waals surface area contributed by atoms with E-state index in [9.17, 15) is 9.18 Å². The minimum atomic E-state index is -0.228. The number of hydrogen-bond donors (Lipinski definition) is 1. The van der Waals surface area contributed by atoms with Gasteiger partial charge in [-0.05, 0) is 35.7 Å². The summed E-state index contributed by atoms with van der Waals surface area (Å²) in [5, 5.41) is 2.89. The highest BCUT2D eigenvalue weighted by Gasteiger charge is 2.21. The molecule has 1 N–H and O–H groups in total. The van der Waals surface area contributed by atoms with Gasteiger partial charge in [-0.15, -0.1) is 0 Å². The van der Waals surface area contributed by atoms with Crippen molar-refractivity contribution < 1.29 is 18.7 Å². The summed E-state index contributed by atoms with van der Waals surface area (Å²) >= 11 is 0. The van der Waals surface area contributed by atoms with Crippen molar-refractivity contribution in [2.24, 2.45) is 0 Å². The molecule has 0 atom stereocenters. The molecule has 1 saturated heterocycles. The lowest BCUT2D eigenvalue weighted by Crippen LogP contribution is -2.51. The third-order valence-corrected chi connectivity index (χ3v) is 5.13. The minimum Gasteiger partial charge on any atom is -0.454 e. The topological polar surface area (TPSA) is 54.0 Å². The Balaban J connectivity index is 1.20. The molecular weight excluding hydrogens is 361 g/mol. The Hall–Kier alpha value is -2.80. The Bertz CT molecular complexity index is 837. The van der Waals surface area contributed by atoms with Crippen LogP contribution in [0.5, 0.6) is 11.5 Å². The highest BCUT2D eigenvalue weighted by atomic mass is 19.1. The number of nitrogens with zero attached hydrogens (tertiary/aromatic N) is 2. The van der Waals surface area contributed by atoms with E-state index < -0.39 is 0 Å². The lowest BCUT2D eigenvalue weighted by molar-refractivity contribution is 0.135. The maximum absolute atomic E-state index is 13.6. The maximum Gasteiger partial charge on any atom is 0.317 e. The third kappa shape index (κ3) is 4.36. The fraction of sp³-hybridized carbons (Fsp3) is 0.381. The van der Waals surface area contributed by atoms with Gasteiger partial charge in [0.25, 0.3) is 0 Å². The summed E-state index contributed by atoms with van der Waals surface area (Å²) in [4.78, 5) is 16.5. The van der Waals surface area contributed by atoms with Crippen molar-refractivity contribution >= 4 is 6.03 Å². The van der Waals surface area contributed by atoms with E-state index in [1.54, 1.807) is 18.2 Å². The Morgan fingerprint density at radius 2 is 1.82 bits per heavy atom. The second-order valence-electron chi connectivity index (χ2n) is 7.02. The van der Waals surface area contributed by atoms with Gasteiger partial charge in [-0.2, -0.15) is 0 Å². The molecule has 2 aromatic carbocycles. The molecule has 0 aromatic heterocycles. The van der Waals surface area contributed by atoms with Gasteiger partial charge in [-0.3, -0.25) is 4.90 Å². The van der Waals surface area contributed by atoms with Crippen molar-refractivity contribution in [1.29, 1.82) is 0 Å². The van der Waals surface area contributed by atoms with Crippen molar-refractivity contribution in [3.63, 3.8) is 0 Å². The van der Waals surface area contributed by atoms with E-state index >= 15 is 0 Å². The van der Waals surface area contributed by atoms with Crippen LogP contribution in [0.3, 0.4) is 0 Å². The first-order valence-corrected chi connectivity index (χ1v) is 9.56. The van der Waals surface area contributed by atoms with Crippen molar-refractivity contribution in [2.75, 3.05) is 39.5 Å². The molecule has 2 aromatic rings. The summed E-state index contributed by atoms with van der Waals surface area (Å²) < 4.78 is 24.4. The number of halogens is 1. The summed E-state index contributed by atoms with van der Waals surface area (Å²) in [6.45, 7) is 4.51. The van der Waals surface area contributed by atoms with Crippen LogP contribution in [0, 0.1) is 5.82 Å². The largest absolute Gasteiger partial charge is 0.454 e. The number of rotatable bonds is 5. The molecule has 148 valence electrons. The molecule has 0 saturated carbocycles. The van der Waals surface area contributed by atoms with Crippen molar-refractivity contribution in [1.82, 2.24) is 15.1 Å². The number of ether oxygens (including phenoxy) is 2. The average molecular weight is 385 g/mol. The fourth-order valence-corrected chi connectivity index (χ4v) is 3.52. The predicted octanol–water partition coefficient (Wildman–Crippen LogP) is 2.62. The lowest BCUT2D eigenvalue weighted by Gasteiger charge is -2.34. The van der Waals surface area contributed by atoms with Gasteiger partial charge >= 0.3 is 6.03 Å². The van der Waals surface area contributed by atoms with Crippen molar-refractivity contribution in [3.8, 4) is 11.5 Å². The molecule has 0 bridgehead atoms. The Morgan fingerprint density at radius 3 is 2.64 bits per heavy atom. The number of fused-ring (bicyclic) bond motifs is 1. The van der Waals surface area contributed by atoms with Crippen molar-refractivity contribution in [3.05, 3.63) is 59.4 Å². The van der Waals surface area contributed by atoms with E-state index in [1.165, 1.54) is 11.6 Å². The van der Waals surface area contributed by atoms with Gasteiger partial charge in [0.1, 0.15) is 5.82 Å². The van der Waals surface area contributed by atoms with Crippen molar-refractivity contribution in [2.45, 2.75) is 13.0 Å². The predicted molar refractivity (Wildman–Crippen MR) is 103 cm³/mol. The zero-order valence-corrected chi connectivity index (χ0v) is 15.7. The standard InChI is InChI=1S/C21H24FN3O3/c22-18-4-2-1-3-17(18)7-8-23-21(26)25-11-9-24(10-12-25)14-16-5-6-19-20(13-16)28-15-27-19/h1-6,13H,7-12,14-15H2,(H,23,26). The van der Waals surface area contributed by atoms with Gasteiger partial charge in [-0.25, -0.2) is 9.18 Å². The van der Waals surface area contributed by atoms with Crippen LogP contribution in [0.4, 0.5) is 9.18 Å². The first-order chi connectivity index (χ1) is 13.7. The number of amides is 2. The van der Waals surface area contributed by atoms with Gasteiger partial charge in [0.2, 0.25) is 6.79 Å². The van der Waals surface area contributed by atoms with E-state index in [0.717, 1.165) is 31.1 Å². The quantitative estimate of drug-likeness (QED) is 0.860. The molecular formula is C21H24FN3O3. The van der Waals surface area contributed by atoms with E-state index in [4.69, 9.17) is 9.47 Å². The van der Waals surface area contributed by atoms with Crippen LogP contribution in [-0.4, -0.2) is 55.3 Å². The van der Waals surface area contributed by atoms with Crippen LogP contribution in [-0.2, 0) is 13.0 Å². The number of urea groups is 1. The van der Waals surface area contributed by atoms with Gasteiger partial charge in [0, 0.05) is 39.3 Å². The lowest BCUT2D eigenvalue weighted by atomic mass is 10.1. The van der Waals surface area contributed by atoms with Gasteiger partial charge in [0.15, 0.2) is 11.5 Å². The van der Waals surface area contributed by atoms with Crippen LogP contribution in [0.15, 0.2) is 42.5 Å². The highest BCUT2D eigenvalue weighted by molar-refractivity contribution is 5.74. The molecule has 2 aliphatic heterocycles. The van der Waals surface area contributed by atoms with Crippen LogP contribution >= 0.6 is 0 Å². The van der Waals surface area contributed by atoms with Crippen LogP contribution in [0.25, 0.3) is 0 Å². The summed E-state index contributed by atoms with van der Waals surface area (Å²) in [5.41, 5.74) is 1.79. The number of hydrogen-bond acceptors (Lipinski definition) is 4. The highest BCUT2D eigenvalue weighted by Crippen LogP contribution is 2.32. The van der Waals surface area contributed by atoms with E-state index in [2.05, 4.69) is 16.3 Å². The molecule has 4 rings (SSSR count). The molecule has 1 fully saturated rings. The van der Waals surface area contributed by atoms with Crippen LogP contribution < -0.4 is 14.8 Å². The molecule has 7 heteroatoms. The zero-order chi connectivity index (χ0) is 19.3. The van der Waals surface area contributed by atoms with E-state index in [1.807, 2.05) is 17.0 Å². The molecule has 2 amide bonds. The molecule has 0 aliphatic carbocycles. The number of carbonyl (C=O) groups is 1. The Kier molecular flexibility index (Phi) is 5.62. The Labute approximate surface area is 163 Å². The van der Waals surface area contributed by atoms with E-state index in [0.29, 0.717) is 31.6 Å².